The number of likely N-dealkylation sites (tertiary alicyclic amines) is 1. The molecule has 1 aromatic rings. The highest BCUT2D eigenvalue weighted by atomic mass is 16.2. The SMILES string of the molecule is C[C@H](NC(=O)NC1CCCCC1)C(=O)N1CCC(Cc2ccccc2)CC1. The number of nitrogens with zero attached hydrogens (tertiary/aromatic N) is 1. The van der Waals surface area contributed by atoms with E-state index >= 15 is 0 Å². The summed E-state index contributed by atoms with van der Waals surface area (Å²) in [6.45, 7) is 3.36. The molecule has 5 heteroatoms. The Bertz CT molecular complexity index is 605. The van der Waals surface area contributed by atoms with Crippen LogP contribution in [0.3, 0.4) is 0 Å². The summed E-state index contributed by atoms with van der Waals surface area (Å²) in [5.74, 6) is 0.668. The average molecular weight is 372 g/mol. The van der Waals surface area contributed by atoms with Gasteiger partial charge in [0, 0.05) is 19.1 Å². The quantitative estimate of drug-likeness (QED) is 0.832. The zero-order valence-electron chi connectivity index (χ0n) is 16.5. The maximum absolute atomic E-state index is 12.7. The lowest BCUT2D eigenvalue weighted by molar-refractivity contribution is -0.134. The first-order chi connectivity index (χ1) is 13.1. The van der Waals surface area contributed by atoms with Gasteiger partial charge in [-0.25, -0.2) is 4.79 Å². The van der Waals surface area contributed by atoms with E-state index in [1.54, 1.807) is 6.92 Å². The molecule has 27 heavy (non-hydrogen) atoms. The second kappa shape index (κ2) is 9.77. The Morgan fingerprint density at radius 2 is 1.70 bits per heavy atom. The third kappa shape index (κ3) is 5.98. The van der Waals surface area contributed by atoms with Crippen molar-refractivity contribution in [2.45, 2.75) is 70.4 Å². The minimum absolute atomic E-state index is 0.0342. The Labute approximate surface area is 162 Å². The van der Waals surface area contributed by atoms with Crippen LogP contribution in [-0.2, 0) is 11.2 Å². The lowest BCUT2D eigenvalue weighted by Crippen LogP contribution is -2.53. The van der Waals surface area contributed by atoms with Gasteiger partial charge in [0.1, 0.15) is 6.04 Å². The standard InChI is InChI=1S/C22H33N3O2/c1-17(23-22(27)24-20-10-6-3-7-11-20)21(26)25-14-12-19(13-15-25)16-18-8-4-2-5-9-18/h2,4-5,8-9,17,19-20H,3,6-7,10-16H2,1H3,(H2,23,24,27)/t17-/m0/s1. The van der Waals surface area contributed by atoms with Crippen LogP contribution in [0.15, 0.2) is 30.3 Å². The van der Waals surface area contributed by atoms with Crippen LogP contribution < -0.4 is 10.6 Å². The molecule has 3 rings (SSSR count). The fraction of sp³-hybridized carbons (Fsp3) is 0.636. The average Bonchev–Trinajstić information content (AvgIpc) is 2.69. The number of urea groups is 1. The van der Waals surface area contributed by atoms with Crippen LogP contribution in [0.5, 0.6) is 0 Å². The predicted molar refractivity (Wildman–Crippen MR) is 107 cm³/mol. The van der Waals surface area contributed by atoms with Crippen molar-refractivity contribution in [2.24, 2.45) is 5.92 Å². The Balaban J connectivity index is 1.39. The number of rotatable bonds is 5. The van der Waals surface area contributed by atoms with E-state index in [0.717, 1.165) is 45.2 Å². The molecule has 1 heterocycles. The number of piperidine rings is 1. The van der Waals surface area contributed by atoms with Crippen molar-refractivity contribution in [1.29, 1.82) is 0 Å². The molecule has 0 unspecified atom stereocenters. The maximum atomic E-state index is 12.7. The summed E-state index contributed by atoms with van der Waals surface area (Å²) in [4.78, 5) is 26.8. The number of benzene rings is 1. The summed E-state index contributed by atoms with van der Waals surface area (Å²) in [5, 5.41) is 5.86. The van der Waals surface area contributed by atoms with Crippen LogP contribution in [-0.4, -0.2) is 42.0 Å². The van der Waals surface area contributed by atoms with Gasteiger partial charge in [0.05, 0.1) is 0 Å². The lowest BCUT2D eigenvalue weighted by Gasteiger charge is -2.34. The molecule has 0 spiro atoms. The van der Waals surface area contributed by atoms with Gasteiger partial charge in [0.25, 0.3) is 0 Å². The predicted octanol–water partition coefficient (Wildman–Crippen LogP) is 3.49. The summed E-state index contributed by atoms with van der Waals surface area (Å²) in [6.07, 6.45) is 8.85. The maximum Gasteiger partial charge on any atom is 0.315 e. The van der Waals surface area contributed by atoms with Gasteiger partial charge in [-0.15, -0.1) is 0 Å². The van der Waals surface area contributed by atoms with Crippen molar-refractivity contribution >= 4 is 11.9 Å². The summed E-state index contributed by atoms with van der Waals surface area (Å²) >= 11 is 0. The minimum atomic E-state index is -0.473. The summed E-state index contributed by atoms with van der Waals surface area (Å²) in [6, 6.07) is 10.1. The number of hydrogen-bond acceptors (Lipinski definition) is 2. The first-order valence-corrected chi connectivity index (χ1v) is 10.5. The number of carbonyl (C=O) groups excluding carboxylic acids is 2. The largest absolute Gasteiger partial charge is 0.341 e. The highest BCUT2D eigenvalue weighted by Gasteiger charge is 2.27. The van der Waals surface area contributed by atoms with Gasteiger partial charge in [-0.3, -0.25) is 4.79 Å². The van der Waals surface area contributed by atoms with Crippen LogP contribution in [0.25, 0.3) is 0 Å². The summed E-state index contributed by atoms with van der Waals surface area (Å²) in [7, 11) is 0. The van der Waals surface area contributed by atoms with Gasteiger partial charge in [0.2, 0.25) is 5.91 Å². The van der Waals surface area contributed by atoms with Gasteiger partial charge >= 0.3 is 6.03 Å². The van der Waals surface area contributed by atoms with Crippen molar-refractivity contribution < 1.29 is 9.59 Å². The van der Waals surface area contributed by atoms with Crippen LogP contribution in [0, 0.1) is 5.92 Å². The number of hydrogen-bond donors (Lipinski definition) is 2. The first-order valence-electron chi connectivity index (χ1n) is 10.5. The Hall–Kier alpha value is -2.04. The molecule has 1 aromatic carbocycles. The fourth-order valence-electron chi connectivity index (χ4n) is 4.31. The van der Waals surface area contributed by atoms with Gasteiger partial charge in [-0.2, -0.15) is 0 Å². The molecular formula is C22H33N3O2. The number of carbonyl (C=O) groups is 2. The molecule has 2 fully saturated rings. The Morgan fingerprint density at radius 3 is 2.37 bits per heavy atom. The van der Waals surface area contributed by atoms with Crippen LogP contribution in [0.1, 0.15) is 57.4 Å². The van der Waals surface area contributed by atoms with E-state index in [2.05, 4.69) is 34.9 Å². The molecule has 0 radical (unpaired) electrons. The third-order valence-electron chi connectivity index (χ3n) is 5.95. The Kier molecular flexibility index (Phi) is 7.13. The van der Waals surface area contributed by atoms with Crippen LogP contribution in [0.4, 0.5) is 4.79 Å². The van der Waals surface area contributed by atoms with E-state index in [1.165, 1.54) is 24.8 Å². The number of nitrogens with one attached hydrogen (secondary N) is 2. The molecule has 1 atom stereocenters. The second-order valence-corrected chi connectivity index (χ2v) is 8.13. The second-order valence-electron chi connectivity index (χ2n) is 8.13. The first kappa shape index (κ1) is 19.7. The monoisotopic (exact) mass is 371 g/mol. The zero-order chi connectivity index (χ0) is 19.1. The van der Waals surface area contributed by atoms with E-state index < -0.39 is 6.04 Å². The van der Waals surface area contributed by atoms with Crippen LogP contribution in [0.2, 0.25) is 0 Å². The van der Waals surface area contributed by atoms with Gasteiger partial charge < -0.3 is 15.5 Å². The van der Waals surface area contributed by atoms with Crippen molar-refractivity contribution in [1.82, 2.24) is 15.5 Å². The molecule has 0 aromatic heterocycles. The molecule has 5 nitrogen and oxygen atoms in total. The van der Waals surface area contributed by atoms with Gasteiger partial charge in [-0.05, 0) is 50.5 Å². The highest BCUT2D eigenvalue weighted by molar-refractivity contribution is 5.86. The molecule has 1 aliphatic heterocycles. The fourth-order valence-corrected chi connectivity index (χ4v) is 4.31. The molecular weight excluding hydrogens is 338 g/mol. The van der Waals surface area contributed by atoms with Crippen molar-refractivity contribution in [3.05, 3.63) is 35.9 Å². The van der Waals surface area contributed by atoms with Crippen LogP contribution >= 0.6 is 0 Å². The molecule has 0 bridgehead atoms. The Morgan fingerprint density at radius 1 is 1.04 bits per heavy atom. The van der Waals surface area contributed by atoms with Gasteiger partial charge in [-0.1, -0.05) is 49.6 Å². The topological polar surface area (TPSA) is 61.4 Å². The van der Waals surface area contributed by atoms with Crippen molar-refractivity contribution in [3.8, 4) is 0 Å². The zero-order valence-corrected chi connectivity index (χ0v) is 16.5. The smallest absolute Gasteiger partial charge is 0.315 e. The number of amides is 3. The molecule has 2 N–H and O–H groups in total. The molecule has 1 saturated carbocycles. The molecule has 3 amide bonds. The third-order valence-corrected chi connectivity index (χ3v) is 5.95. The molecule has 148 valence electrons. The minimum Gasteiger partial charge on any atom is -0.341 e. The lowest BCUT2D eigenvalue weighted by atomic mass is 9.90. The van der Waals surface area contributed by atoms with Gasteiger partial charge in [0.15, 0.2) is 0 Å². The highest BCUT2D eigenvalue weighted by Crippen LogP contribution is 2.22. The van der Waals surface area contributed by atoms with E-state index in [4.69, 9.17) is 0 Å². The summed E-state index contributed by atoms with van der Waals surface area (Å²) in [5.41, 5.74) is 1.37. The van der Waals surface area contributed by atoms with E-state index in [0.29, 0.717) is 5.92 Å². The van der Waals surface area contributed by atoms with E-state index in [1.807, 2.05) is 11.0 Å². The van der Waals surface area contributed by atoms with E-state index in [-0.39, 0.29) is 18.0 Å². The summed E-state index contributed by atoms with van der Waals surface area (Å²) < 4.78 is 0. The normalized spacial score (nSPS) is 20.1. The molecule has 1 aliphatic carbocycles. The molecule has 1 saturated heterocycles. The molecule has 2 aliphatic rings. The van der Waals surface area contributed by atoms with E-state index in [9.17, 15) is 9.59 Å². The van der Waals surface area contributed by atoms with Crippen molar-refractivity contribution in [3.63, 3.8) is 0 Å². The van der Waals surface area contributed by atoms with Crippen molar-refractivity contribution in [2.75, 3.05) is 13.1 Å².